The van der Waals surface area contributed by atoms with Crippen molar-refractivity contribution < 1.29 is 0 Å². The van der Waals surface area contributed by atoms with E-state index in [0.29, 0.717) is 0 Å². The summed E-state index contributed by atoms with van der Waals surface area (Å²) in [7, 11) is 2.13. The molecule has 0 amide bonds. The van der Waals surface area contributed by atoms with E-state index in [9.17, 15) is 0 Å². The molecule has 1 aliphatic heterocycles. The summed E-state index contributed by atoms with van der Waals surface area (Å²) in [6, 6.07) is 13.3. The van der Waals surface area contributed by atoms with E-state index >= 15 is 0 Å². The number of nitrogens with one attached hydrogen (secondary N) is 1. The minimum Gasteiger partial charge on any atom is -0.353 e. The molecule has 2 aromatic carbocycles. The Hall–Kier alpha value is -3.07. The maximum Gasteiger partial charge on any atom is 0.156 e. The summed E-state index contributed by atoms with van der Waals surface area (Å²) < 4.78 is 0. The lowest BCUT2D eigenvalue weighted by molar-refractivity contribution is 0.521. The van der Waals surface area contributed by atoms with E-state index in [0.717, 1.165) is 18.8 Å². The zero-order chi connectivity index (χ0) is 21.3. The van der Waals surface area contributed by atoms with Crippen LogP contribution in [0.3, 0.4) is 0 Å². The van der Waals surface area contributed by atoms with Gasteiger partial charge in [-0.05, 0) is 67.5 Å². The summed E-state index contributed by atoms with van der Waals surface area (Å²) in [5.74, 6) is 0.992. The van der Waals surface area contributed by atoms with Gasteiger partial charge in [-0.3, -0.25) is 5.43 Å². The number of aryl methyl sites for hydroxylation is 3. The summed E-state index contributed by atoms with van der Waals surface area (Å²) in [5.41, 5.74) is 13.9. The van der Waals surface area contributed by atoms with Gasteiger partial charge in [0.15, 0.2) is 5.84 Å². The summed E-state index contributed by atoms with van der Waals surface area (Å²) in [6.07, 6.45) is 9.86. The van der Waals surface area contributed by atoms with E-state index < -0.39 is 0 Å². The molecule has 1 atom stereocenters. The van der Waals surface area contributed by atoms with E-state index in [1.54, 1.807) is 0 Å². The SMILES string of the molecule is CC1=CCC=CC=C1CN(C)C1=NNC(c2c(C)cc(C)cc2C)c2ccccc21. The van der Waals surface area contributed by atoms with Crippen molar-refractivity contribution in [1.29, 1.82) is 0 Å². The predicted molar refractivity (Wildman–Crippen MR) is 127 cm³/mol. The zero-order valence-electron chi connectivity index (χ0n) is 18.7. The maximum atomic E-state index is 4.88. The second-order valence-corrected chi connectivity index (χ2v) is 8.50. The van der Waals surface area contributed by atoms with E-state index in [4.69, 9.17) is 5.10 Å². The molecular weight excluding hydrogens is 366 g/mol. The minimum absolute atomic E-state index is 0.0700. The molecule has 2 aliphatic rings. The van der Waals surface area contributed by atoms with Gasteiger partial charge in [0.05, 0.1) is 6.04 Å². The highest BCUT2D eigenvalue weighted by Gasteiger charge is 2.28. The molecule has 154 valence electrons. The molecule has 0 spiro atoms. The van der Waals surface area contributed by atoms with Crippen molar-refractivity contribution in [2.45, 2.75) is 40.2 Å². The maximum absolute atomic E-state index is 4.88. The average Bonchev–Trinajstić information content (AvgIpc) is 2.91. The molecule has 0 fully saturated rings. The molecular formula is C27H31N3. The van der Waals surface area contributed by atoms with Gasteiger partial charge in [-0.25, -0.2) is 0 Å². The number of hydrogen-bond acceptors (Lipinski definition) is 3. The highest BCUT2D eigenvalue weighted by molar-refractivity contribution is 6.01. The monoisotopic (exact) mass is 397 g/mol. The summed E-state index contributed by atoms with van der Waals surface area (Å²) in [6.45, 7) is 9.58. The third kappa shape index (κ3) is 3.85. The molecule has 0 saturated heterocycles. The molecule has 2 aromatic rings. The van der Waals surface area contributed by atoms with Crippen LogP contribution in [0, 0.1) is 20.8 Å². The van der Waals surface area contributed by atoms with Crippen LogP contribution in [-0.2, 0) is 0 Å². The highest BCUT2D eigenvalue weighted by atomic mass is 15.4. The number of nitrogens with zero attached hydrogens (tertiary/aromatic N) is 2. The third-order valence-electron chi connectivity index (χ3n) is 6.11. The van der Waals surface area contributed by atoms with Crippen LogP contribution < -0.4 is 5.43 Å². The second kappa shape index (κ2) is 8.35. The Morgan fingerprint density at radius 1 is 1.07 bits per heavy atom. The first-order valence-corrected chi connectivity index (χ1v) is 10.7. The number of hydrogen-bond donors (Lipinski definition) is 1. The number of benzene rings is 2. The van der Waals surface area contributed by atoms with E-state index in [2.05, 4.69) is 106 Å². The van der Waals surface area contributed by atoms with Gasteiger partial charge in [-0.15, -0.1) is 0 Å². The fourth-order valence-corrected chi connectivity index (χ4v) is 4.64. The Morgan fingerprint density at radius 2 is 1.80 bits per heavy atom. The molecule has 0 aromatic heterocycles. The van der Waals surface area contributed by atoms with Crippen molar-refractivity contribution >= 4 is 5.84 Å². The van der Waals surface area contributed by atoms with Gasteiger partial charge in [0.25, 0.3) is 0 Å². The van der Waals surface area contributed by atoms with Crippen molar-refractivity contribution in [3.8, 4) is 0 Å². The lowest BCUT2D eigenvalue weighted by atomic mass is 9.87. The number of fused-ring (bicyclic) bond motifs is 1. The molecule has 3 nitrogen and oxygen atoms in total. The first-order valence-electron chi connectivity index (χ1n) is 10.7. The van der Waals surface area contributed by atoms with Gasteiger partial charge in [-0.2, -0.15) is 5.10 Å². The summed E-state index contributed by atoms with van der Waals surface area (Å²) in [4.78, 5) is 2.25. The van der Waals surface area contributed by atoms with E-state index in [1.165, 1.54) is 44.5 Å². The van der Waals surface area contributed by atoms with Gasteiger partial charge in [-0.1, -0.05) is 66.3 Å². The van der Waals surface area contributed by atoms with Crippen LogP contribution in [0.4, 0.5) is 0 Å². The Kier molecular flexibility index (Phi) is 5.63. The van der Waals surface area contributed by atoms with Crippen LogP contribution in [0.25, 0.3) is 0 Å². The largest absolute Gasteiger partial charge is 0.353 e. The van der Waals surface area contributed by atoms with Crippen molar-refractivity contribution in [2.75, 3.05) is 13.6 Å². The predicted octanol–water partition coefficient (Wildman–Crippen LogP) is 5.73. The zero-order valence-corrected chi connectivity index (χ0v) is 18.7. The van der Waals surface area contributed by atoms with Crippen molar-refractivity contribution in [2.24, 2.45) is 5.10 Å². The molecule has 1 N–H and O–H groups in total. The first-order chi connectivity index (χ1) is 14.5. The van der Waals surface area contributed by atoms with Crippen molar-refractivity contribution in [1.82, 2.24) is 10.3 Å². The molecule has 0 radical (unpaired) electrons. The average molecular weight is 398 g/mol. The molecule has 0 bridgehead atoms. The highest BCUT2D eigenvalue weighted by Crippen LogP contribution is 2.33. The van der Waals surface area contributed by atoms with Gasteiger partial charge in [0, 0.05) is 19.2 Å². The molecule has 1 aliphatic carbocycles. The standard InChI is InChI=1S/C27H31N3/c1-18-15-20(3)25(21(4)16-18)26-23-13-9-10-14-24(23)27(29-28-26)30(5)17-22-12-8-6-7-11-19(22)2/h6,8-16,26,28H,7,17H2,1-5H3. The van der Waals surface area contributed by atoms with Crippen molar-refractivity contribution in [3.05, 3.63) is 105 Å². The van der Waals surface area contributed by atoms with E-state index in [1.807, 2.05) is 0 Å². The number of amidine groups is 1. The van der Waals surface area contributed by atoms with Crippen molar-refractivity contribution in [3.63, 3.8) is 0 Å². The lowest BCUT2D eigenvalue weighted by Crippen LogP contribution is -2.37. The number of allylic oxidation sites excluding steroid dienone is 4. The normalized spacial score (nSPS) is 17.9. The molecule has 1 heterocycles. The number of hydrazone groups is 1. The number of likely N-dealkylation sites (N-methyl/N-ethyl adjacent to an activating group) is 1. The van der Waals surface area contributed by atoms with Crippen LogP contribution in [0.2, 0.25) is 0 Å². The van der Waals surface area contributed by atoms with Gasteiger partial charge < -0.3 is 4.90 Å². The molecule has 3 heteroatoms. The van der Waals surface area contributed by atoms with Gasteiger partial charge in [0.1, 0.15) is 0 Å². The van der Waals surface area contributed by atoms with Gasteiger partial charge in [0.2, 0.25) is 0 Å². The number of rotatable bonds is 3. The van der Waals surface area contributed by atoms with Crippen LogP contribution in [0.15, 0.2) is 76.9 Å². The first kappa shape index (κ1) is 20.2. The third-order valence-corrected chi connectivity index (χ3v) is 6.11. The topological polar surface area (TPSA) is 27.6 Å². The molecule has 4 rings (SSSR count). The summed E-state index contributed by atoms with van der Waals surface area (Å²) >= 11 is 0. The quantitative estimate of drug-likeness (QED) is 0.716. The van der Waals surface area contributed by atoms with Crippen LogP contribution >= 0.6 is 0 Å². The Bertz CT molecular complexity index is 1060. The molecule has 30 heavy (non-hydrogen) atoms. The Balaban J connectivity index is 1.69. The smallest absolute Gasteiger partial charge is 0.156 e. The second-order valence-electron chi connectivity index (χ2n) is 8.50. The van der Waals surface area contributed by atoms with Crippen LogP contribution in [0.1, 0.15) is 52.8 Å². The fraction of sp³-hybridized carbons (Fsp3) is 0.296. The van der Waals surface area contributed by atoms with Gasteiger partial charge >= 0.3 is 0 Å². The van der Waals surface area contributed by atoms with Crippen LogP contribution in [0.5, 0.6) is 0 Å². The minimum atomic E-state index is 0.0700. The lowest BCUT2D eigenvalue weighted by Gasteiger charge is -2.32. The molecule has 0 saturated carbocycles. The Morgan fingerprint density at radius 3 is 2.57 bits per heavy atom. The van der Waals surface area contributed by atoms with Crippen LogP contribution in [-0.4, -0.2) is 24.3 Å². The fourth-order valence-electron chi connectivity index (χ4n) is 4.64. The summed E-state index contributed by atoms with van der Waals surface area (Å²) in [5, 5.41) is 4.88. The molecule has 1 unspecified atom stereocenters. The van der Waals surface area contributed by atoms with E-state index in [-0.39, 0.29) is 6.04 Å². The Labute approximate surface area is 180 Å².